The molecule has 0 radical (unpaired) electrons. The van der Waals surface area contributed by atoms with Gasteiger partial charge in [0.25, 0.3) is 5.56 Å². The number of hydrogen-bond donors (Lipinski definition) is 1. The number of H-pyrrole nitrogens is 1. The van der Waals surface area contributed by atoms with Gasteiger partial charge < -0.3 is 4.74 Å². The van der Waals surface area contributed by atoms with Gasteiger partial charge in [0.1, 0.15) is 5.75 Å². The van der Waals surface area contributed by atoms with E-state index in [2.05, 4.69) is 15.3 Å². The predicted octanol–water partition coefficient (Wildman–Crippen LogP) is 1.43. The summed E-state index contributed by atoms with van der Waals surface area (Å²) in [5.41, 5.74) is 1.66. The monoisotopic (exact) mass is 256 g/mol. The number of benzene rings is 1. The van der Waals surface area contributed by atoms with Crippen LogP contribution >= 0.6 is 0 Å². The average Bonchev–Trinajstić information content (AvgIpc) is 2.89. The molecule has 0 bridgehead atoms. The molecule has 0 saturated heterocycles. The van der Waals surface area contributed by atoms with E-state index in [-0.39, 0.29) is 5.56 Å². The zero-order chi connectivity index (χ0) is 13.4. The van der Waals surface area contributed by atoms with Gasteiger partial charge in [0, 0.05) is 17.6 Å². The third-order valence-corrected chi connectivity index (χ3v) is 2.96. The van der Waals surface area contributed by atoms with Gasteiger partial charge in [-0.05, 0) is 19.1 Å². The highest BCUT2D eigenvalue weighted by Crippen LogP contribution is 2.18. The summed E-state index contributed by atoms with van der Waals surface area (Å²) in [6.45, 7) is 1.83. The summed E-state index contributed by atoms with van der Waals surface area (Å²) in [7, 11) is 1.61. The van der Waals surface area contributed by atoms with Crippen LogP contribution < -0.4 is 10.3 Å². The van der Waals surface area contributed by atoms with Gasteiger partial charge in [-0.25, -0.2) is 9.78 Å². The molecular formula is C13H12N4O2. The fourth-order valence-electron chi connectivity index (χ4n) is 1.94. The first-order valence-electron chi connectivity index (χ1n) is 5.78. The lowest BCUT2D eigenvalue weighted by atomic mass is 10.3. The molecule has 0 spiro atoms. The molecule has 0 fully saturated rings. The predicted molar refractivity (Wildman–Crippen MR) is 70.8 cm³/mol. The van der Waals surface area contributed by atoms with Crippen LogP contribution in [0.2, 0.25) is 0 Å². The normalized spacial score (nSPS) is 10.8. The molecule has 0 aliphatic heterocycles. The fourth-order valence-corrected chi connectivity index (χ4v) is 1.94. The van der Waals surface area contributed by atoms with E-state index in [9.17, 15) is 4.79 Å². The summed E-state index contributed by atoms with van der Waals surface area (Å²) < 4.78 is 6.83. The number of rotatable bonds is 2. The molecule has 6 nitrogen and oxygen atoms in total. The van der Waals surface area contributed by atoms with Gasteiger partial charge in [0.05, 0.1) is 18.5 Å². The van der Waals surface area contributed by atoms with Crippen LogP contribution in [0.4, 0.5) is 0 Å². The maximum absolute atomic E-state index is 11.7. The van der Waals surface area contributed by atoms with Crippen LogP contribution in [0.1, 0.15) is 5.69 Å². The van der Waals surface area contributed by atoms with Gasteiger partial charge in [0.2, 0.25) is 0 Å². The fraction of sp³-hybridized carbons (Fsp3) is 0.154. The number of hydrogen-bond acceptors (Lipinski definition) is 4. The van der Waals surface area contributed by atoms with Crippen molar-refractivity contribution in [3.05, 3.63) is 46.5 Å². The topological polar surface area (TPSA) is 72.8 Å². The van der Waals surface area contributed by atoms with Gasteiger partial charge in [0.15, 0.2) is 5.52 Å². The number of ether oxygens (including phenoxy) is 1. The maximum atomic E-state index is 11.7. The van der Waals surface area contributed by atoms with Gasteiger partial charge in [-0.1, -0.05) is 6.07 Å². The molecule has 0 amide bonds. The molecule has 1 N–H and O–H groups in total. The lowest BCUT2D eigenvalue weighted by Gasteiger charge is -2.03. The summed E-state index contributed by atoms with van der Waals surface area (Å²) in [4.78, 5) is 11.7. The molecule has 0 aliphatic carbocycles. The summed E-state index contributed by atoms with van der Waals surface area (Å²) >= 11 is 0. The summed E-state index contributed by atoms with van der Waals surface area (Å²) in [6.07, 6.45) is 1.79. The third kappa shape index (κ3) is 1.87. The molecule has 3 aromatic rings. The van der Waals surface area contributed by atoms with E-state index < -0.39 is 0 Å². The molecular weight excluding hydrogens is 244 g/mol. The Kier molecular flexibility index (Phi) is 2.56. The number of aromatic nitrogens is 4. The zero-order valence-electron chi connectivity index (χ0n) is 10.5. The van der Waals surface area contributed by atoms with Gasteiger partial charge >= 0.3 is 0 Å². The Balaban J connectivity index is 2.23. The highest BCUT2D eigenvalue weighted by atomic mass is 16.5. The SMILES string of the molecule is COc1cccc(-n2cc3c(C)n[nH]c(=O)c3n2)c1. The van der Waals surface area contributed by atoms with Gasteiger partial charge in [-0.15, -0.1) is 0 Å². The molecule has 3 rings (SSSR count). The van der Waals surface area contributed by atoms with Crippen LogP contribution in [0, 0.1) is 6.92 Å². The standard InChI is InChI=1S/C13H12N4O2/c1-8-11-7-17(16-12(11)13(18)15-14-8)9-4-3-5-10(6-9)19-2/h3-7H,1-2H3,(H,15,18). The highest BCUT2D eigenvalue weighted by Gasteiger charge is 2.09. The molecule has 6 heteroatoms. The lowest BCUT2D eigenvalue weighted by Crippen LogP contribution is -2.09. The van der Waals surface area contributed by atoms with Crippen LogP contribution in [0.5, 0.6) is 5.75 Å². The molecule has 0 unspecified atom stereocenters. The Bertz CT molecular complexity index is 804. The first kappa shape index (κ1) is 11.5. The molecule has 0 atom stereocenters. The Morgan fingerprint density at radius 2 is 2.21 bits per heavy atom. The molecule has 96 valence electrons. The van der Waals surface area contributed by atoms with Crippen molar-refractivity contribution in [1.82, 2.24) is 20.0 Å². The summed E-state index contributed by atoms with van der Waals surface area (Å²) in [6, 6.07) is 7.47. The van der Waals surface area contributed by atoms with Crippen molar-refractivity contribution in [1.29, 1.82) is 0 Å². The van der Waals surface area contributed by atoms with E-state index in [1.807, 2.05) is 31.2 Å². The van der Waals surface area contributed by atoms with Crippen molar-refractivity contribution in [3.63, 3.8) is 0 Å². The largest absolute Gasteiger partial charge is 0.497 e. The Labute approximate surface area is 108 Å². The molecule has 19 heavy (non-hydrogen) atoms. The molecule has 0 aliphatic rings. The molecule has 0 saturated carbocycles. The first-order valence-corrected chi connectivity index (χ1v) is 5.78. The van der Waals surface area contributed by atoms with E-state index >= 15 is 0 Å². The van der Waals surface area contributed by atoms with Crippen LogP contribution in [0.3, 0.4) is 0 Å². The van der Waals surface area contributed by atoms with E-state index in [0.717, 1.165) is 22.5 Å². The smallest absolute Gasteiger partial charge is 0.292 e. The minimum absolute atomic E-state index is 0.290. The van der Waals surface area contributed by atoms with E-state index in [0.29, 0.717) is 5.52 Å². The average molecular weight is 256 g/mol. The minimum Gasteiger partial charge on any atom is -0.497 e. The third-order valence-electron chi connectivity index (χ3n) is 2.96. The van der Waals surface area contributed by atoms with Gasteiger partial charge in [-0.3, -0.25) is 4.79 Å². The van der Waals surface area contributed by atoms with Crippen molar-refractivity contribution in [2.75, 3.05) is 7.11 Å². The van der Waals surface area contributed by atoms with Crippen molar-refractivity contribution < 1.29 is 4.74 Å². The second-order valence-corrected chi connectivity index (χ2v) is 4.18. The quantitative estimate of drug-likeness (QED) is 0.752. The van der Waals surface area contributed by atoms with Crippen LogP contribution in [-0.2, 0) is 0 Å². The molecule has 2 heterocycles. The van der Waals surface area contributed by atoms with E-state index in [1.54, 1.807) is 18.0 Å². The number of fused-ring (bicyclic) bond motifs is 1. The van der Waals surface area contributed by atoms with Crippen molar-refractivity contribution in [2.24, 2.45) is 0 Å². The zero-order valence-corrected chi connectivity index (χ0v) is 10.5. The first-order chi connectivity index (χ1) is 9.19. The van der Waals surface area contributed by atoms with E-state index in [1.165, 1.54) is 0 Å². The summed E-state index contributed by atoms with van der Waals surface area (Å²) in [5, 5.41) is 11.4. The number of methoxy groups -OCH3 is 1. The second kappa shape index (κ2) is 4.24. The van der Waals surface area contributed by atoms with E-state index in [4.69, 9.17) is 4.74 Å². The second-order valence-electron chi connectivity index (χ2n) is 4.18. The van der Waals surface area contributed by atoms with Crippen LogP contribution in [0.15, 0.2) is 35.3 Å². The number of nitrogens with one attached hydrogen (secondary N) is 1. The van der Waals surface area contributed by atoms with Crippen molar-refractivity contribution in [3.8, 4) is 11.4 Å². The number of nitrogens with zero attached hydrogens (tertiary/aromatic N) is 3. The Hall–Kier alpha value is -2.63. The van der Waals surface area contributed by atoms with Crippen LogP contribution in [0.25, 0.3) is 16.6 Å². The molecule has 2 aromatic heterocycles. The Morgan fingerprint density at radius 3 is 2.95 bits per heavy atom. The van der Waals surface area contributed by atoms with Crippen molar-refractivity contribution in [2.45, 2.75) is 6.92 Å². The van der Waals surface area contributed by atoms with Gasteiger partial charge in [-0.2, -0.15) is 10.2 Å². The maximum Gasteiger partial charge on any atom is 0.292 e. The number of aryl methyl sites for hydroxylation is 1. The Morgan fingerprint density at radius 1 is 1.37 bits per heavy atom. The van der Waals surface area contributed by atoms with Crippen molar-refractivity contribution >= 4 is 10.9 Å². The lowest BCUT2D eigenvalue weighted by molar-refractivity contribution is 0.414. The number of aromatic amines is 1. The summed E-state index contributed by atoms with van der Waals surface area (Å²) in [5.74, 6) is 0.737. The highest BCUT2D eigenvalue weighted by molar-refractivity contribution is 5.79. The molecule has 1 aromatic carbocycles. The van der Waals surface area contributed by atoms with Crippen LogP contribution in [-0.4, -0.2) is 27.1 Å². The minimum atomic E-state index is -0.290.